The summed E-state index contributed by atoms with van der Waals surface area (Å²) in [5, 5.41) is 2.15. The van der Waals surface area contributed by atoms with Crippen LogP contribution in [0.1, 0.15) is 5.69 Å². The van der Waals surface area contributed by atoms with Crippen LogP contribution < -0.4 is 0 Å². The van der Waals surface area contributed by atoms with Crippen LogP contribution in [0.3, 0.4) is 0 Å². The Labute approximate surface area is 331 Å². The number of hydrogen-bond acceptors (Lipinski definition) is 5. The van der Waals surface area contributed by atoms with Gasteiger partial charge in [-0.25, -0.2) is 19.9 Å². The van der Waals surface area contributed by atoms with E-state index in [4.69, 9.17) is 24.9 Å². The quantitative estimate of drug-likeness (QED) is 0.153. The summed E-state index contributed by atoms with van der Waals surface area (Å²) in [7, 11) is 0. The first kappa shape index (κ1) is 33.9. The largest absolute Gasteiger partial charge is 0.251 e. The molecule has 7 aromatic carbocycles. The van der Waals surface area contributed by atoms with Crippen molar-refractivity contribution in [3.05, 3.63) is 200 Å². The summed E-state index contributed by atoms with van der Waals surface area (Å²) in [6.45, 7) is 2.03. The molecule has 3 aromatic heterocycles. The lowest BCUT2D eigenvalue weighted by Crippen LogP contribution is -2.00. The highest BCUT2D eigenvalue weighted by atomic mass is 15.0. The minimum atomic E-state index is 0.622. The molecule has 0 spiro atoms. The van der Waals surface area contributed by atoms with E-state index in [1.807, 2.05) is 49.4 Å². The molecule has 0 fully saturated rings. The summed E-state index contributed by atoms with van der Waals surface area (Å²) in [5.74, 6) is 1.89. The number of rotatable bonds is 7. The molecule has 0 aliphatic rings. The number of fused-ring (bicyclic) bond motifs is 3. The van der Waals surface area contributed by atoms with Crippen LogP contribution >= 0.6 is 0 Å². The number of aromatic nitrogens is 5. The molecule has 0 amide bonds. The Morgan fingerprint density at radius 3 is 1.44 bits per heavy atom. The zero-order chi connectivity index (χ0) is 38.1. The van der Waals surface area contributed by atoms with Gasteiger partial charge in [0.05, 0.1) is 16.7 Å². The van der Waals surface area contributed by atoms with Crippen molar-refractivity contribution in [2.24, 2.45) is 0 Å². The third kappa shape index (κ3) is 6.72. The second kappa shape index (κ2) is 14.5. The van der Waals surface area contributed by atoms with Crippen molar-refractivity contribution in [2.75, 3.05) is 0 Å². The molecule has 0 bridgehead atoms. The van der Waals surface area contributed by atoms with E-state index in [1.54, 1.807) is 0 Å². The smallest absolute Gasteiger partial charge is 0.164 e. The zero-order valence-electron chi connectivity index (χ0n) is 31.2. The van der Waals surface area contributed by atoms with Crippen molar-refractivity contribution in [3.8, 4) is 78.8 Å². The summed E-state index contributed by atoms with van der Waals surface area (Å²) in [4.78, 5) is 25.2. The van der Waals surface area contributed by atoms with Crippen molar-refractivity contribution in [1.29, 1.82) is 0 Å². The van der Waals surface area contributed by atoms with E-state index in [9.17, 15) is 0 Å². The van der Waals surface area contributed by atoms with Crippen molar-refractivity contribution in [1.82, 2.24) is 24.9 Å². The summed E-state index contributed by atoms with van der Waals surface area (Å²) in [6, 6.07) is 67.2. The highest BCUT2D eigenvalue weighted by Gasteiger charge is 2.16. The van der Waals surface area contributed by atoms with Gasteiger partial charge in [0.1, 0.15) is 0 Å². The molecule has 10 rings (SSSR count). The molecule has 10 aromatic rings. The van der Waals surface area contributed by atoms with Crippen LogP contribution in [0.25, 0.3) is 101 Å². The fraction of sp³-hybridized carbons (Fsp3) is 0.0192. The molecular weight excluding hydrogens is 695 g/mol. The molecule has 0 unspecified atom stereocenters. The lowest BCUT2D eigenvalue weighted by atomic mass is 9.95. The van der Waals surface area contributed by atoms with E-state index in [0.717, 1.165) is 83.3 Å². The van der Waals surface area contributed by atoms with Crippen molar-refractivity contribution in [3.63, 3.8) is 0 Å². The van der Waals surface area contributed by atoms with E-state index in [0.29, 0.717) is 17.5 Å². The average Bonchev–Trinajstić information content (AvgIpc) is 3.29. The molecular formula is C52H35N5. The van der Waals surface area contributed by atoms with E-state index >= 15 is 0 Å². The molecule has 0 aliphatic carbocycles. The molecule has 57 heavy (non-hydrogen) atoms. The van der Waals surface area contributed by atoms with Gasteiger partial charge in [0, 0.05) is 38.7 Å². The Balaban J connectivity index is 1.03. The second-order valence-electron chi connectivity index (χ2n) is 14.2. The van der Waals surface area contributed by atoms with Gasteiger partial charge in [0.15, 0.2) is 17.5 Å². The molecule has 0 saturated carbocycles. The van der Waals surface area contributed by atoms with Gasteiger partial charge >= 0.3 is 0 Å². The maximum Gasteiger partial charge on any atom is 0.164 e. The SMILES string of the molecule is Cc1ccc2ccc3c(-c4ccc(-c5cccc(-c6nc(-c7ccccc7)nc(-c7ccc(-c8ccccc8)cc7)n6)c5)cc4)cc(-c4ccccc4)nc3c2n1. The van der Waals surface area contributed by atoms with Crippen molar-refractivity contribution in [2.45, 2.75) is 6.92 Å². The fourth-order valence-electron chi connectivity index (χ4n) is 7.44. The van der Waals surface area contributed by atoms with Gasteiger partial charge in [-0.3, -0.25) is 4.98 Å². The van der Waals surface area contributed by atoms with Crippen LogP contribution in [0, 0.1) is 6.92 Å². The highest BCUT2D eigenvalue weighted by Crippen LogP contribution is 2.37. The Morgan fingerprint density at radius 1 is 0.298 bits per heavy atom. The summed E-state index contributed by atoms with van der Waals surface area (Å²) in [6.07, 6.45) is 0. The lowest BCUT2D eigenvalue weighted by molar-refractivity contribution is 1.07. The predicted molar refractivity (Wildman–Crippen MR) is 233 cm³/mol. The van der Waals surface area contributed by atoms with Crippen molar-refractivity contribution >= 4 is 21.8 Å². The van der Waals surface area contributed by atoms with Gasteiger partial charge in [-0.2, -0.15) is 0 Å². The van der Waals surface area contributed by atoms with E-state index < -0.39 is 0 Å². The number of pyridine rings is 2. The van der Waals surface area contributed by atoms with Gasteiger partial charge in [0.25, 0.3) is 0 Å². The summed E-state index contributed by atoms with van der Waals surface area (Å²) in [5.41, 5.74) is 14.3. The average molecular weight is 730 g/mol. The number of aryl methyl sites for hydroxylation is 1. The summed E-state index contributed by atoms with van der Waals surface area (Å²) < 4.78 is 0. The third-order valence-corrected chi connectivity index (χ3v) is 10.4. The molecule has 0 radical (unpaired) electrons. The monoisotopic (exact) mass is 729 g/mol. The number of nitrogens with zero attached hydrogens (tertiary/aromatic N) is 5. The lowest BCUT2D eigenvalue weighted by Gasteiger charge is -2.13. The Bertz CT molecular complexity index is 3040. The molecule has 0 N–H and O–H groups in total. The second-order valence-corrected chi connectivity index (χ2v) is 14.2. The first-order chi connectivity index (χ1) is 28.1. The maximum absolute atomic E-state index is 5.19. The summed E-state index contributed by atoms with van der Waals surface area (Å²) >= 11 is 0. The van der Waals surface area contributed by atoms with Gasteiger partial charge in [-0.05, 0) is 58.5 Å². The maximum atomic E-state index is 5.19. The molecule has 0 atom stereocenters. The number of benzene rings is 7. The Kier molecular flexibility index (Phi) is 8.65. The van der Waals surface area contributed by atoms with E-state index in [2.05, 4.69) is 152 Å². The van der Waals surface area contributed by atoms with Crippen LogP contribution in [0.2, 0.25) is 0 Å². The van der Waals surface area contributed by atoms with Crippen molar-refractivity contribution < 1.29 is 0 Å². The predicted octanol–water partition coefficient (Wildman–Crippen LogP) is 12.9. The van der Waals surface area contributed by atoms with Gasteiger partial charge in [-0.1, -0.05) is 176 Å². The molecule has 3 heterocycles. The minimum Gasteiger partial charge on any atom is -0.251 e. The van der Waals surface area contributed by atoms with Crippen LogP contribution in [-0.4, -0.2) is 24.9 Å². The van der Waals surface area contributed by atoms with Gasteiger partial charge in [-0.15, -0.1) is 0 Å². The Hall–Kier alpha value is -7.63. The fourth-order valence-corrected chi connectivity index (χ4v) is 7.44. The molecule has 0 aliphatic heterocycles. The van der Waals surface area contributed by atoms with Crippen LogP contribution in [0.4, 0.5) is 0 Å². The van der Waals surface area contributed by atoms with Gasteiger partial charge < -0.3 is 0 Å². The standard InChI is InChI=1S/C52H35N5/c1-34-20-21-40-30-31-45-46(33-47(39-14-7-3-8-15-39)54-49(45)48(40)53-34)38-26-22-37(23-27-38)43-18-11-19-44(32-43)52-56-50(41-16-9-4-10-17-41)55-51(57-52)42-28-24-36(25-29-42)35-12-5-2-6-13-35/h2-33H,1H3. The topological polar surface area (TPSA) is 64.5 Å². The number of hydrogen-bond donors (Lipinski definition) is 0. The minimum absolute atomic E-state index is 0.622. The van der Waals surface area contributed by atoms with Crippen LogP contribution in [0.15, 0.2) is 194 Å². The van der Waals surface area contributed by atoms with Crippen LogP contribution in [0.5, 0.6) is 0 Å². The molecule has 268 valence electrons. The molecule has 5 nitrogen and oxygen atoms in total. The van der Waals surface area contributed by atoms with Gasteiger partial charge in [0.2, 0.25) is 0 Å². The van der Waals surface area contributed by atoms with Crippen LogP contribution in [-0.2, 0) is 0 Å². The first-order valence-electron chi connectivity index (χ1n) is 19.1. The van der Waals surface area contributed by atoms with E-state index in [-0.39, 0.29) is 0 Å². The molecule has 0 saturated heterocycles. The zero-order valence-corrected chi connectivity index (χ0v) is 31.2. The normalized spacial score (nSPS) is 11.2. The van der Waals surface area contributed by atoms with E-state index in [1.165, 1.54) is 5.56 Å². The third-order valence-electron chi connectivity index (χ3n) is 10.4. The highest BCUT2D eigenvalue weighted by molar-refractivity contribution is 6.09. The first-order valence-corrected chi connectivity index (χ1v) is 19.1. The molecule has 5 heteroatoms. The Morgan fingerprint density at radius 2 is 0.772 bits per heavy atom.